The fourth-order valence-electron chi connectivity index (χ4n) is 1.32. The van der Waals surface area contributed by atoms with Crippen molar-refractivity contribution in [2.45, 2.75) is 30.4 Å². The molecule has 0 fully saturated rings. The molecule has 1 atom stereocenters. The molecule has 6 N–H and O–H groups in total. The number of nitrogens with two attached hydrogens (primary N) is 2. The number of rotatable bonds is 7. The molecular weight excluding hydrogens is 292 g/mol. The Morgan fingerprint density at radius 3 is 2.19 bits per heavy atom. The van der Waals surface area contributed by atoms with Crippen LogP contribution in [0.15, 0.2) is 30.3 Å². The fraction of sp³-hybridized carbons (Fsp3) is 0.429. The van der Waals surface area contributed by atoms with E-state index in [4.69, 9.17) is 21.7 Å². The van der Waals surface area contributed by atoms with Gasteiger partial charge in [0.2, 0.25) is 0 Å². The van der Waals surface area contributed by atoms with Gasteiger partial charge in [-0.05, 0) is 18.5 Å². The highest BCUT2D eigenvalue weighted by Crippen LogP contribution is 2.28. The van der Waals surface area contributed by atoms with Gasteiger partial charge in [0.1, 0.15) is 0 Å². The molecule has 21 heavy (non-hydrogen) atoms. The molecule has 0 aromatic heterocycles. The summed E-state index contributed by atoms with van der Waals surface area (Å²) in [5.41, 5.74) is 11.5. The normalized spacial score (nSPS) is 12.7. The average molecular weight is 314 g/mol. The lowest BCUT2D eigenvalue weighted by atomic mass is 10.1. The van der Waals surface area contributed by atoms with Gasteiger partial charge in [0.05, 0.1) is 0 Å². The Balaban J connectivity index is 0.00000122. The van der Waals surface area contributed by atoms with E-state index in [1.54, 1.807) is 0 Å². The second kappa shape index (κ2) is 10.2. The van der Waals surface area contributed by atoms with Crippen molar-refractivity contribution >= 4 is 23.7 Å². The van der Waals surface area contributed by atoms with E-state index < -0.39 is 16.8 Å². The number of thioether (sulfide) groups is 1. The summed E-state index contributed by atoms with van der Waals surface area (Å²) >= 11 is 1.04. The van der Waals surface area contributed by atoms with Crippen LogP contribution in [0.1, 0.15) is 25.3 Å². The van der Waals surface area contributed by atoms with Crippen molar-refractivity contribution in [2.24, 2.45) is 11.5 Å². The maximum atomic E-state index is 11.1. The number of hydrogen-bond acceptors (Lipinski definition) is 5. The van der Waals surface area contributed by atoms with Crippen LogP contribution in [-0.2, 0) is 15.3 Å². The minimum atomic E-state index is -1.56. The molecule has 0 aliphatic carbocycles. The SMILES string of the molecule is CCN.N[C@](CCC(=O)O)(SCc1ccccc1)C(=O)O. The lowest BCUT2D eigenvalue weighted by molar-refractivity contribution is -0.141. The van der Waals surface area contributed by atoms with Crippen LogP contribution >= 0.6 is 11.8 Å². The molecule has 7 heteroatoms. The van der Waals surface area contributed by atoms with Crippen LogP contribution in [0.2, 0.25) is 0 Å². The highest BCUT2D eigenvalue weighted by atomic mass is 32.2. The number of carbonyl (C=O) groups is 2. The van der Waals surface area contributed by atoms with E-state index in [0.29, 0.717) is 5.75 Å². The van der Waals surface area contributed by atoms with Gasteiger partial charge < -0.3 is 21.7 Å². The Hall–Kier alpha value is -1.57. The molecule has 6 nitrogen and oxygen atoms in total. The van der Waals surface area contributed by atoms with Gasteiger partial charge in [-0.2, -0.15) is 0 Å². The van der Waals surface area contributed by atoms with E-state index in [1.165, 1.54) is 0 Å². The summed E-state index contributed by atoms with van der Waals surface area (Å²) in [4.78, 5) is 20.0. The second-order valence-corrected chi connectivity index (χ2v) is 5.58. The Morgan fingerprint density at radius 2 is 1.76 bits per heavy atom. The van der Waals surface area contributed by atoms with Crippen LogP contribution in [0.25, 0.3) is 0 Å². The maximum absolute atomic E-state index is 11.1. The van der Waals surface area contributed by atoms with Crippen LogP contribution in [-0.4, -0.2) is 33.6 Å². The third-order valence-electron chi connectivity index (χ3n) is 2.41. The molecule has 0 radical (unpaired) electrons. The highest BCUT2D eigenvalue weighted by Gasteiger charge is 2.34. The Morgan fingerprint density at radius 1 is 1.24 bits per heavy atom. The summed E-state index contributed by atoms with van der Waals surface area (Å²) in [6.45, 7) is 2.65. The highest BCUT2D eigenvalue weighted by molar-refractivity contribution is 8.00. The zero-order chi connectivity index (χ0) is 16.3. The number of benzene rings is 1. The van der Waals surface area contributed by atoms with Crippen LogP contribution in [0.3, 0.4) is 0 Å². The average Bonchev–Trinajstić information content (AvgIpc) is 2.45. The van der Waals surface area contributed by atoms with E-state index in [2.05, 4.69) is 0 Å². The van der Waals surface area contributed by atoms with Crippen molar-refractivity contribution in [3.63, 3.8) is 0 Å². The minimum Gasteiger partial charge on any atom is -0.481 e. The lowest BCUT2D eigenvalue weighted by Gasteiger charge is -2.23. The molecule has 1 aromatic rings. The van der Waals surface area contributed by atoms with Gasteiger partial charge in [0.15, 0.2) is 4.87 Å². The number of carboxylic acid groups (broad SMARTS) is 2. The molecule has 0 amide bonds. The topological polar surface area (TPSA) is 127 Å². The van der Waals surface area contributed by atoms with E-state index in [1.807, 2.05) is 37.3 Å². The Bertz CT molecular complexity index is 442. The molecule has 1 aromatic carbocycles. The summed E-state index contributed by atoms with van der Waals surface area (Å²) in [6.07, 6.45) is -0.361. The molecule has 0 aliphatic heterocycles. The number of hydrogen-bond donors (Lipinski definition) is 4. The summed E-state index contributed by atoms with van der Waals surface area (Å²) < 4.78 is 0. The standard InChI is InChI=1S/C12H15NO4S.C2H7N/c13-12(11(16)17,7-6-10(14)15)18-8-9-4-2-1-3-5-9;1-2-3/h1-5H,6-8,13H2,(H,14,15)(H,16,17);2-3H2,1H3/t12-;/m1./s1. The monoisotopic (exact) mass is 314 g/mol. The second-order valence-electron chi connectivity index (χ2n) is 4.27. The molecule has 0 bridgehead atoms. The zero-order valence-corrected chi connectivity index (χ0v) is 12.8. The van der Waals surface area contributed by atoms with E-state index in [-0.39, 0.29) is 12.8 Å². The van der Waals surface area contributed by atoms with Crippen molar-refractivity contribution in [1.82, 2.24) is 0 Å². The summed E-state index contributed by atoms with van der Waals surface area (Å²) in [5, 5.41) is 17.7. The molecule has 0 saturated heterocycles. The van der Waals surface area contributed by atoms with Gasteiger partial charge in [-0.25, -0.2) is 4.79 Å². The molecule has 0 aliphatic rings. The molecule has 1 rings (SSSR count). The van der Waals surface area contributed by atoms with Gasteiger partial charge in [0.25, 0.3) is 0 Å². The first-order valence-electron chi connectivity index (χ1n) is 6.47. The van der Waals surface area contributed by atoms with Gasteiger partial charge in [-0.15, -0.1) is 11.8 Å². The molecule has 0 heterocycles. The first-order valence-corrected chi connectivity index (χ1v) is 7.46. The van der Waals surface area contributed by atoms with E-state index >= 15 is 0 Å². The van der Waals surface area contributed by atoms with Crippen molar-refractivity contribution in [3.05, 3.63) is 35.9 Å². The van der Waals surface area contributed by atoms with Crippen LogP contribution in [0.4, 0.5) is 0 Å². The molecule has 118 valence electrons. The summed E-state index contributed by atoms with van der Waals surface area (Å²) in [7, 11) is 0. The molecule has 0 saturated carbocycles. The van der Waals surface area contributed by atoms with Crippen molar-refractivity contribution in [2.75, 3.05) is 6.54 Å². The quantitative estimate of drug-likeness (QED) is 0.561. The Labute approximate surface area is 128 Å². The van der Waals surface area contributed by atoms with Crippen LogP contribution in [0, 0.1) is 0 Å². The lowest BCUT2D eigenvalue weighted by Crippen LogP contribution is -2.45. The first kappa shape index (κ1) is 19.4. The molecular formula is C14H22N2O4S. The van der Waals surface area contributed by atoms with Crippen LogP contribution < -0.4 is 11.5 Å². The maximum Gasteiger partial charge on any atom is 0.334 e. The third-order valence-corrected chi connectivity index (χ3v) is 3.78. The first-order chi connectivity index (χ1) is 9.85. The molecule has 0 unspecified atom stereocenters. The van der Waals surface area contributed by atoms with Crippen LogP contribution in [0.5, 0.6) is 0 Å². The largest absolute Gasteiger partial charge is 0.481 e. The molecule has 0 spiro atoms. The predicted molar refractivity (Wildman–Crippen MR) is 83.9 cm³/mol. The van der Waals surface area contributed by atoms with Gasteiger partial charge in [0, 0.05) is 12.2 Å². The fourth-order valence-corrected chi connectivity index (χ4v) is 2.31. The zero-order valence-electron chi connectivity index (χ0n) is 12.0. The van der Waals surface area contributed by atoms with E-state index in [0.717, 1.165) is 23.9 Å². The predicted octanol–water partition coefficient (Wildman–Crippen LogP) is 1.49. The number of aliphatic carboxylic acids is 2. The van der Waals surface area contributed by atoms with Crippen molar-refractivity contribution in [3.8, 4) is 0 Å². The van der Waals surface area contributed by atoms with Gasteiger partial charge >= 0.3 is 11.9 Å². The summed E-state index contributed by atoms with van der Waals surface area (Å²) in [6, 6.07) is 9.31. The third kappa shape index (κ3) is 8.34. The minimum absolute atomic E-state index is 0.102. The van der Waals surface area contributed by atoms with Gasteiger partial charge in [-0.3, -0.25) is 4.79 Å². The van der Waals surface area contributed by atoms with Crippen molar-refractivity contribution in [1.29, 1.82) is 0 Å². The van der Waals surface area contributed by atoms with Gasteiger partial charge in [-0.1, -0.05) is 37.3 Å². The summed E-state index contributed by atoms with van der Waals surface area (Å²) in [5.74, 6) is -1.81. The smallest absolute Gasteiger partial charge is 0.334 e. The Kier molecular flexibility index (Phi) is 9.44. The number of carboxylic acids is 2. The van der Waals surface area contributed by atoms with E-state index in [9.17, 15) is 9.59 Å². The van der Waals surface area contributed by atoms with Crippen molar-refractivity contribution < 1.29 is 19.8 Å².